The molecule has 8 heteroatoms. The van der Waals surface area contributed by atoms with Crippen LogP contribution >= 0.6 is 24.8 Å². The number of aromatic nitrogens is 1. The number of hydrogen-bond acceptors (Lipinski definition) is 4. The van der Waals surface area contributed by atoms with E-state index in [1.165, 1.54) is 12.1 Å². The van der Waals surface area contributed by atoms with Gasteiger partial charge in [-0.2, -0.15) is 0 Å². The number of nitrogens with zero attached hydrogens (tertiary/aromatic N) is 2. The highest BCUT2D eigenvalue weighted by Gasteiger charge is 2.28. The van der Waals surface area contributed by atoms with Crippen molar-refractivity contribution < 1.29 is 13.6 Å². The number of amides is 1. The average Bonchev–Trinajstić information content (AvgIpc) is 3.22. The summed E-state index contributed by atoms with van der Waals surface area (Å²) in [5.74, 6) is 0.978. The van der Waals surface area contributed by atoms with E-state index in [1.54, 1.807) is 12.3 Å². The number of halogens is 3. The lowest BCUT2D eigenvalue weighted by atomic mass is 10.0. The molecule has 30 heavy (non-hydrogen) atoms. The Morgan fingerprint density at radius 2 is 1.97 bits per heavy atom. The van der Waals surface area contributed by atoms with Crippen LogP contribution in [-0.4, -0.2) is 35.4 Å². The van der Waals surface area contributed by atoms with E-state index in [2.05, 4.69) is 10.3 Å². The summed E-state index contributed by atoms with van der Waals surface area (Å²) >= 11 is 0. The van der Waals surface area contributed by atoms with Gasteiger partial charge in [0.15, 0.2) is 11.7 Å². The van der Waals surface area contributed by atoms with Crippen LogP contribution in [0.15, 0.2) is 65.2 Å². The van der Waals surface area contributed by atoms with Crippen molar-refractivity contribution in [2.45, 2.75) is 18.9 Å². The van der Waals surface area contributed by atoms with Gasteiger partial charge in [-0.3, -0.25) is 4.79 Å². The van der Waals surface area contributed by atoms with Crippen LogP contribution in [0.3, 0.4) is 0 Å². The van der Waals surface area contributed by atoms with Crippen LogP contribution in [0.2, 0.25) is 0 Å². The highest BCUT2D eigenvalue weighted by Crippen LogP contribution is 2.25. The van der Waals surface area contributed by atoms with Gasteiger partial charge in [0, 0.05) is 38.0 Å². The smallest absolute Gasteiger partial charge is 0.223 e. The number of benzene rings is 2. The van der Waals surface area contributed by atoms with Crippen molar-refractivity contribution in [2.24, 2.45) is 0 Å². The number of piperazine rings is 1. The highest BCUT2D eigenvalue weighted by molar-refractivity contribution is 5.85. The second-order valence-electron chi connectivity index (χ2n) is 6.85. The van der Waals surface area contributed by atoms with E-state index >= 15 is 0 Å². The Hall–Kier alpha value is -2.41. The molecule has 160 valence electrons. The van der Waals surface area contributed by atoms with Gasteiger partial charge in [0.05, 0.1) is 12.2 Å². The van der Waals surface area contributed by atoms with Crippen molar-refractivity contribution >= 4 is 30.7 Å². The SMILES string of the molecule is Cl.Cl.O=C(CCc1ncc(-c2ccccc2)o1)N1CCNCC1c1cccc(F)c1. The molecule has 0 spiro atoms. The van der Waals surface area contributed by atoms with E-state index in [9.17, 15) is 9.18 Å². The summed E-state index contributed by atoms with van der Waals surface area (Å²) < 4.78 is 19.4. The zero-order valence-corrected chi connectivity index (χ0v) is 17.9. The first-order valence-corrected chi connectivity index (χ1v) is 9.46. The fourth-order valence-electron chi connectivity index (χ4n) is 3.53. The quantitative estimate of drug-likeness (QED) is 0.623. The molecule has 0 radical (unpaired) electrons. The Labute approximate surface area is 187 Å². The summed E-state index contributed by atoms with van der Waals surface area (Å²) in [5, 5.41) is 3.29. The van der Waals surface area contributed by atoms with Gasteiger partial charge < -0.3 is 14.6 Å². The molecule has 5 nitrogen and oxygen atoms in total. The van der Waals surface area contributed by atoms with E-state index in [0.717, 1.165) is 17.7 Å². The van der Waals surface area contributed by atoms with Crippen molar-refractivity contribution in [3.05, 3.63) is 78.1 Å². The molecule has 0 bridgehead atoms. The van der Waals surface area contributed by atoms with Gasteiger partial charge in [0.2, 0.25) is 5.91 Å². The Kier molecular flexibility index (Phi) is 8.84. The third-order valence-electron chi connectivity index (χ3n) is 4.96. The highest BCUT2D eigenvalue weighted by atomic mass is 35.5. The molecule has 2 heterocycles. The first-order valence-electron chi connectivity index (χ1n) is 9.46. The summed E-state index contributed by atoms with van der Waals surface area (Å²) in [5.41, 5.74) is 1.77. The zero-order chi connectivity index (χ0) is 19.3. The lowest BCUT2D eigenvalue weighted by Gasteiger charge is -2.36. The van der Waals surface area contributed by atoms with Crippen molar-refractivity contribution in [2.75, 3.05) is 19.6 Å². The molecule has 0 aliphatic carbocycles. The Morgan fingerprint density at radius 3 is 2.73 bits per heavy atom. The van der Waals surface area contributed by atoms with Crippen LogP contribution in [-0.2, 0) is 11.2 Å². The first kappa shape index (κ1) is 23.9. The van der Waals surface area contributed by atoms with Crippen molar-refractivity contribution in [3.8, 4) is 11.3 Å². The van der Waals surface area contributed by atoms with Crippen LogP contribution in [0, 0.1) is 5.82 Å². The van der Waals surface area contributed by atoms with Gasteiger partial charge in [-0.15, -0.1) is 24.8 Å². The molecule has 1 amide bonds. The molecule has 1 fully saturated rings. The molecular formula is C22H24Cl2FN3O2. The maximum atomic E-state index is 13.6. The average molecular weight is 452 g/mol. The van der Waals surface area contributed by atoms with Crippen molar-refractivity contribution in [3.63, 3.8) is 0 Å². The van der Waals surface area contributed by atoms with E-state index in [1.807, 2.05) is 41.3 Å². The zero-order valence-electron chi connectivity index (χ0n) is 16.3. The fourth-order valence-corrected chi connectivity index (χ4v) is 3.53. The monoisotopic (exact) mass is 451 g/mol. The number of nitrogens with one attached hydrogen (secondary N) is 1. The summed E-state index contributed by atoms with van der Waals surface area (Å²) in [7, 11) is 0. The van der Waals surface area contributed by atoms with E-state index in [-0.39, 0.29) is 42.6 Å². The number of oxazole rings is 1. The number of aryl methyl sites for hydroxylation is 1. The third-order valence-corrected chi connectivity index (χ3v) is 4.96. The predicted molar refractivity (Wildman–Crippen MR) is 118 cm³/mol. The molecule has 1 aliphatic rings. The van der Waals surface area contributed by atoms with Crippen LogP contribution in [0.4, 0.5) is 4.39 Å². The van der Waals surface area contributed by atoms with E-state index in [4.69, 9.17) is 4.42 Å². The summed E-state index contributed by atoms with van der Waals surface area (Å²) in [4.78, 5) is 19.0. The molecular weight excluding hydrogens is 428 g/mol. The maximum Gasteiger partial charge on any atom is 0.223 e. The number of hydrogen-bond donors (Lipinski definition) is 1. The van der Waals surface area contributed by atoms with Crippen LogP contribution in [0.1, 0.15) is 23.9 Å². The van der Waals surface area contributed by atoms with Gasteiger partial charge in [0.1, 0.15) is 5.82 Å². The molecule has 2 aromatic carbocycles. The molecule has 1 saturated heterocycles. The molecule has 1 aromatic heterocycles. The van der Waals surface area contributed by atoms with Gasteiger partial charge in [-0.25, -0.2) is 9.37 Å². The number of carbonyl (C=O) groups excluding carboxylic acids is 1. The first-order chi connectivity index (χ1) is 13.7. The molecule has 1 atom stereocenters. The third kappa shape index (κ3) is 5.59. The number of carbonyl (C=O) groups is 1. The van der Waals surface area contributed by atoms with Crippen LogP contribution in [0.5, 0.6) is 0 Å². The standard InChI is InChI=1S/C22H22FN3O2.2ClH/c23-18-8-4-7-17(13-18)19-14-24-11-12-26(19)22(27)10-9-21-25-15-20(28-21)16-5-2-1-3-6-16;;/h1-8,13,15,19,24H,9-12,14H2;2*1H. The minimum atomic E-state index is -0.288. The Bertz CT molecular complexity index is 952. The maximum absolute atomic E-state index is 13.6. The minimum absolute atomic E-state index is 0. The van der Waals surface area contributed by atoms with Crippen molar-refractivity contribution in [1.82, 2.24) is 15.2 Å². The van der Waals surface area contributed by atoms with Crippen LogP contribution in [0.25, 0.3) is 11.3 Å². The summed E-state index contributed by atoms with van der Waals surface area (Å²) in [6.07, 6.45) is 2.43. The van der Waals surface area contributed by atoms with E-state index in [0.29, 0.717) is 37.6 Å². The predicted octanol–water partition coefficient (Wildman–Crippen LogP) is 4.43. The number of rotatable bonds is 5. The summed E-state index contributed by atoms with van der Waals surface area (Å²) in [6, 6.07) is 16.0. The molecule has 1 N–H and O–H groups in total. The van der Waals surface area contributed by atoms with E-state index < -0.39 is 0 Å². The molecule has 1 aliphatic heterocycles. The molecule has 1 unspecified atom stereocenters. The second-order valence-corrected chi connectivity index (χ2v) is 6.85. The Morgan fingerprint density at radius 1 is 1.17 bits per heavy atom. The normalized spacial score (nSPS) is 15.8. The lowest BCUT2D eigenvalue weighted by Crippen LogP contribution is -2.48. The minimum Gasteiger partial charge on any atom is -0.441 e. The van der Waals surface area contributed by atoms with Gasteiger partial charge in [-0.1, -0.05) is 42.5 Å². The second kappa shape index (κ2) is 11.1. The molecule has 4 rings (SSSR count). The fraction of sp³-hybridized carbons (Fsp3) is 0.273. The van der Waals surface area contributed by atoms with Gasteiger partial charge >= 0.3 is 0 Å². The Balaban J connectivity index is 0.00000160. The van der Waals surface area contributed by atoms with Crippen molar-refractivity contribution in [1.29, 1.82) is 0 Å². The topological polar surface area (TPSA) is 58.4 Å². The van der Waals surface area contributed by atoms with Gasteiger partial charge in [0.25, 0.3) is 0 Å². The van der Waals surface area contributed by atoms with Crippen LogP contribution < -0.4 is 5.32 Å². The lowest BCUT2D eigenvalue weighted by molar-refractivity contribution is -0.134. The summed E-state index contributed by atoms with van der Waals surface area (Å²) in [6.45, 7) is 1.95. The largest absolute Gasteiger partial charge is 0.441 e. The van der Waals surface area contributed by atoms with Gasteiger partial charge in [-0.05, 0) is 17.7 Å². The molecule has 3 aromatic rings. The molecule has 0 saturated carbocycles.